The number of aromatic nitrogens is 4. The standard InChI is InChI=1S/C13H14N4OS/c1-3-8-18-11-6-4-10(5-7-11)12-16-17-9(2)14-15-13(17)19-12/h4-7H,3,8H2,1-2H3. The van der Waals surface area contributed by atoms with Crippen LogP contribution in [0.4, 0.5) is 0 Å². The minimum atomic E-state index is 0.745. The average Bonchev–Trinajstić information content (AvgIpc) is 3.00. The van der Waals surface area contributed by atoms with Crippen LogP contribution in [0.5, 0.6) is 5.75 Å². The number of benzene rings is 1. The molecule has 0 aliphatic carbocycles. The van der Waals surface area contributed by atoms with Crippen molar-refractivity contribution in [3.05, 3.63) is 30.1 Å². The van der Waals surface area contributed by atoms with Crippen molar-refractivity contribution in [2.75, 3.05) is 6.61 Å². The van der Waals surface area contributed by atoms with Crippen LogP contribution in [0.3, 0.4) is 0 Å². The van der Waals surface area contributed by atoms with Gasteiger partial charge in [-0.1, -0.05) is 18.3 Å². The molecule has 3 rings (SSSR count). The lowest BCUT2D eigenvalue weighted by Gasteiger charge is -2.04. The predicted molar refractivity (Wildman–Crippen MR) is 74.6 cm³/mol. The summed E-state index contributed by atoms with van der Waals surface area (Å²) >= 11 is 1.53. The Morgan fingerprint density at radius 2 is 2.00 bits per heavy atom. The normalized spacial score (nSPS) is 11.1. The lowest BCUT2D eigenvalue weighted by atomic mass is 10.2. The maximum Gasteiger partial charge on any atom is 0.234 e. The van der Waals surface area contributed by atoms with Gasteiger partial charge in [0.25, 0.3) is 0 Å². The summed E-state index contributed by atoms with van der Waals surface area (Å²) in [5, 5.41) is 13.5. The maximum atomic E-state index is 5.56. The van der Waals surface area contributed by atoms with Crippen LogP contribution in [0, 0.1) is 6.92 Å². The van der Waals surface area contributed by atoms with E-state index < -0.39 is 0 Å². The van der Waals surface area contributed by atoms with E-state index in [9.17, 15) is 0 Å². The van der Waals surface area contributed by atoms with E-state index in [1.54, 1.807) is 4.52 Å². The van der Waals surface area contributed by atoms with E-state index in [4.69, 9.17) is 4.74 Å². The molecule has 2 heterocycles. The van der Waals surface area contributed by atoms with Gasteiger partial charge in [0.05, 0.1) is 6.61 Å². The van der Waals surface area contributed by atoms with Crippen molar-refractivity contribution >= 4 is 16.3 Å². The van der Waals surface area contributed by atoms with E-state index in [2.05, 4.69) is 22.2 Å². The highest BCUT2D eigenvalue weighted by Gasteiger charge is 2.10. The van der Waals surface area contributed by atoms with Crippen LogP contribution in [0.1, 0.15) is 19.2 Å². The fourth-order valence-electron chi connectivity index (χ4n) is 1.75. The molecule has 5 nitrogen and oxygen atoms in total. The molecule has 0 unspecified atom stereocenters. The van der Waals surface area contributed by atoms with E-state index >= 15 is 0 Å². The third-order valence-electron chi connectivity index (χ3n) is 2.72. The van der Waals surface area contributed by atoms with Gasteiger partial charge in [0.1, 0.15) is 10.8 Å². The Kier molecular flexibility index (Phi) is 3.16. The number of hydrogen-bond acceptors (Lipinski definition) is 5. The minimum absolute atomic E-state index is 0.745. The minimum Gasteiger partial charge on any atom is -0.494 e. The molecule has 98 valence electrons. The molecule has 0 aliphatic rings. The highest BCUT2D eigenvalue weighted by atomic mass is 32.1. The summed E-state index contributed by atoms with van der Waals surface area (Å²) in [6, 6.07) is 7.98. The van der Waals surface area contributed by atoms with Gasteiger partial charge >= 0.3 is 0 Å². The van der Waals surface area contributed by atoms with Gasteiger partial charge in [-0.05, 0) is 37.6 Å². The zero-order valence-corrected chi connectivity index (χ0v) is 11.6. The highest BCUT2D eigenvalue weighted by molar-refractivity contribution is 7.19. The Hall–Kier alpha value is -1.95. The molecular weight excluding hydrogens is 260 g/mol. The Bertz CT molecular complexity index is 686. The molecule has 0 fully saturated rings. The van der Waals surface area contributed by atoms with Gasteiger partial charge in [0.15, 0.2) is 5.82 Å². The lowest BCUT2D eigenvalue weighted by molar-refractivity contribution is 0.317. The molecule has 0 N–H and O–H groups in total. The Labute approximate surface area is 114 Å². The molecule has 0 amide bonds. The van der Waals surface area contributed by atoms with Crippen LogP contribution >= 0.6 is 11.3 Å². The molecule has 0 saturated heterocycles. The number of rotatable bonds is 4. The fraction of sp³-hybridized carbons (Fsp3) is 0.308. The zero-order valence-electron chi connectivity index (χ0n) is 10.8. The van der Waals surface area contributed by atoms with Crippen LogP contribution in [0.2, 0.25) is 0 Å². The highest BCUT2D eigenvalue weighted by Crippen LogP contribution is 2.26. The van der Waals surface area contributed by atoms with Crippen molar-refractivity contribution in [1.82, 2.24) is 19.8 Å². The van der Waals surface area contributed by atoms with E-state index in [0.717, 1.165) is 40.1 Å². The van der Waals surface area contributed by atoms with Gasteiger partial charge in [0, 0.05) is 5.56 Å². The quantitative estimate of drug-likeness (QED) is 0.734. The molecule has 19 heavy (non-hydrogen) atoms. The van der Waals surface area contributed by atoms with Crippen LogP contribution in [-0.4, -0.2) is 26.4 Å². The summed E-state index contributed by atoms with van der Waals surface area (Å²) in [5.74, 6) is 1.70. The average molecular weight is 274 g/mol. The second-order valence-corrected chi connectivity index (χ2v) is 5.18. The summed E-state index contributed by atoms with van der Waals surface area (Å²) in [6.07, 6.45) is 1.01. The number of hydrogen-bond donors (Lipinski definition) is 0. The second kappa shape index (κ2) is 4.97. The summed E-state index contributed by atoms with van der Waals surface area (Å²) in [5.41, 5.74) is 1.07. The smallest absolute Gasteiger partial charge is 0.234 e. The van der Waals surface area contributed by atoms with Gasteiger partial charge in [-0.25, -0.2) is 0 Å². The van der Waals surface area contributed by atoms with Crippen molar-refractivity contribution in [2.45, 2.75) is 20.3 Å². The van der Waals surface area contributed by atoms with Crippen LogP contribution in [0.15, 0.2) is 24.3 Å². The Morgan fingerprint density at radius 1 is 1.21 bits per heavy atom. The first-order valence-electron chi connectivity index (χ1n) is 6.20. The number of fused-ring (bicyclic) bond motifs is 1. The van der Waals surface area contributed by atoms with Crippen molar-refractivity contribution in [2.24, 2.45) is 0 Å². The molecule has 3 aromatic rings. The first kappa shape index (κ1) is 12.1. The first-order chi connectivity index (χ1) is 9.28. The third-order valence-corrected chi connectivity index (χ3v) is 3.67. The monoisotopic (exact) mass is 274 g/mol. The van der Waals surface area contributed by atoms with Crippen molar-refractivity contribution in [3.8, 4) is 16.3 Å². The molecule has 1 aromatic carbocycles. The molecular formula is C13H14N4OS. The zero-order chi connectivity index (χ0) is 13.2. The molecule has 0 spiro atoms. The summed E-state index contributed by atoms with van der Waals surface area (Å²) < 4.78 is 7.33. The number of ether oxygens (including phenoxy) is 1. The van der Waals surface area contributed by atoms with Crippen molar-refractivity contribution in [1.29, 1.82) is 0 Å². The largest absolute Gasteiger partial charge is 0.494 e. The fourth-order valence-corrected chi connectivity index (χ4v) is 2.64. The lowest BCUT2D eigenvalue weighted by Crippen LogP contribution is -1.94. The van der Waals surface area contributed by atoms with E-state index in [1.807, 2.05) is 31.2 Å². The SMILES string of the molecule is CCCOc1ccc(-c2nn3c(C)nnc3s2)cc1. The van der Waals surface area contributed by atoms with E-state index in [1.165, 1.54) is 11.3 Å². The molecule has 0 bridgehead atoms. The van der Waals surface area contributed by atoms with E-state index in [0.29, 0.717) is 0 Å². The van der Waals surface area contributed by atoms with Gasteiger partial charge < -0.3 is 4.74 Å². The molecule has 2 aromatic heterocycles. The van der Waals surface area contributed by atoms with Gasteiger partial charge in [-0.2, -0.15) is 9.61 Å². The summed E-state index contributed by atoms with van der Waals surface area (Å²) in [4.78, 5) is 0.818. The van der Waals surface area contributed by atoms with Gasteiger partial charge in [-0.3, -0.25) is 0 Å². The second-order valence-electron chi connectivity index (χ2n) is 4.22. The van der Waals surface area contributed by atoms with Crippen LogP contribution in [-0.2, 0) is 0 Å². The van der Waals surface area contributed by atoms with Gasteiger partial charge in [-0.15, -0.1) is 10.2 Å². The first-order valence-corrected chi connectivity index (χ1v) is 7.01. The molecule has 0 aliphatic heterocycles. The Balaban J connectivity index is 1.88. The summed E-state index contributed by atoms with van der Waals surface area (Å²) in [6.45, 7) is 4.73. The molecule has 0 radical (unpaired) electrons. The van der Waals surface area contributed by atoms with Crippen LogP contribution < -0.4 is 4.74 Å². The third kappa shape index (κ3) is 2.31. The van der Waals surface area contributed by atoms with Crippen molar-refractivity contribution in [3.63, 3.8) is 0 Å². The van der Waals surface area contributed by atoms with Crippen molar-refractivity contribution < 1.29 is 4.74 Å². The van der Waals surface area contributed by atoms with E-state index in [-0.39, 0.29) is 0 Å². The predicted octanol–water partition coefficient (Wildman–Crippen LogP) is 2.95. The summed E-state index contributed by atoms with van der Waals surface area (Å²) in [7, 11) is 0. The molecule has 0 atom stereocenters. The number of aryl methyl sites for hydroxylation is 1. The van der Waals surface area contributed by atoms with Crippen LogP contribution in [0.25, 0.3) is 15.5 Å². The Morgan fingerprint density at radius 3 is 2.68 bits per heavy atom. The molecule has 0 saturated carbocycles. The molecule has 6 heteroatoms. The maximum absolute atomic E-state index is 5.56. The van der Waals surface area contributed by atoms with Gasteiger partial charge in [0.2, 0.25) is 4.96 Å². The number of nitrogens with zero attached hydrogens (tertiary/aromatic N) is 4. The topological polar surface area (TPSA) is 52.3 Å².